The summed E-state index contributed by atoms with van der Waals surface area (Å²) in [7, 11) is 0. The van der Waals surface area contributed by atoms with Gasteiger partial charge in [0.25, 0.3) is 5.69 Å². The van der Waals surface area contributed by atoms with E-state index in [-0.39, 0.29) is 16.7 Å². The van der Waals surface area contributed by atoms with Crippen LogP contribution in [0.1, 0.15) is 63.1 Å². The summed E-state index contributed by atoms with van der Waals surface area (Å²) in [5, 5.41) is 14.6. The Kier molecular flexibility index (Phi) is 4.99. The lowest BCUT2D eigenvalue weighted by Crippen LogP contribution is -2.35. The quantitative estimate of drug-likeness (QED) is 0.640. The lowest BCUT2D eigenvalue weighted by atomic mass is 9.75. The van der Waals surface area contributed by atoms with Crippen LogP contribution in [0.15, 0.2) is 18.2 Å². The van der Waals surface area contributed by atoms with Gasteiger partial charge in [-0.1, -0.05) is 38.3 Å². The fraction of sp³-hybridized carbons (Fsp3) is 0.647. The molecule has 0 heterocycles. The molecule has 21 heavy (non-hydrogen) atoms. The smallest absolute Gasteiger partial charge is 0.272 e. The van der Waals surface area contributed by atoms with Crippen LogP contribution in [-0.4, -0.2) is 11.5 Å². The van der Waals surface area contributed by atoms with Crippen molar-refractivity contribution in [2.24, 2.45) is 5.41 Å². The van der Waals surface area contributed by atoms with Crippen molar-refractivity contribution >= 4 is 5.69 Å². The molecule has 0 aromatic heterocycles. The minimum absolute atomic E-state index is 0.142. The Hall–Kier alpha value is -1.42. The van der Waals surface area contributed by atoms with Gasteiger partial charge in [0.1, 0.15) is 0 Å². The van der Waals surface area contributed by atoms with E-state index in [1.807, 2.05) is 12.1 Å². The molecule has 1 saturated carbocycles. The number of hydrogen-bond donors (Lipinski definition) is 1. The molecule has 0 radical (unpaired) electrons. The highest BCUT2D eigenvalue weighted by Gasteiger charge is 2.27. The van der Waals surface area contributed by atoms with Crippen LogP contribution in [0.5, 0.6) is 0 Å². The monoisotopic (exact) mass is 290 g/mol. The molecule has 1 N–H and O–H groups in total. The van der Waals surface area contributed by atoms with Crippen LogP contribution in [0.4, 0.5) is 5.69 Å². The number of nitro benzene ring substituents is 1. The lowest BCUT2D eigenvalue weighted by molar-refractivity contribution is -0.385. The van der Waals surface area contributed by atoms with E-state index in [1.165, 1.54) is 32.1 Å². The van der Waals surface area contributed by atoms with E-state index in [0.29, 0.717) is 5.41 Å². The molecule has 0 bridgehead atoms. The highest BCUT2D eigenvalue weighted by atomic mass is 16.6. The average Bonchev–Trinajstić information content (AvgIpc) is 2.46. The van der Waals surface area contributed by atoms with Crippen molar-refractivity contribution < 1.29 is 4.92 Å². The first-order valence-electron chi connectivity index (χ1n) is 7.90. The van der Waals surface area contributed by atoms with Crippen molar-refractivity contribution in [2.75, 3.05) is 6.54 Å². The molecule has 1 aromatic carbocycles. The molecule has 1 fully saturated rings. The van der Waals surface area contributed by atoms with Gasteiger partial charge in [-0.2, -0.15) is 0 Å². The van der Waals surface area contributed by atoms with E-state index in [4.69, 9.17) is 0 Å². The zero-order valence-electron chi connectivity index (χ0n) is 13.3. The second-order valence-electron chi connectivity index (χ2n) is 6.78. The zero-order valence-corrected chi connectivity index (χ0v) is 13.3. The third-order valence-corrected chi connectivity index (χ3v) is 4.83. The van der Waals surface area contributed by atoms with Gasteiger partial charge in [-0.15, -0.1) is 0 Å². The normalized spacial score (nSPS) is 19.2. The van der Waals surface area contributed by atoms with Gasteiger partial charge in [-0.25, -0.2) is 0 Å². The predicted octanol–water partition coefficient (Wildman–Crippen LogP) is 4.52. The molecule has 4 nitrogen and oxygen atoms in total. The van der Waals surface area contributed by atoms with Gasteiger partial charge in [0, 0.05) is 24.2 Å². The minimum atomic E-state index is -0.298. The SMILES string of the molecule is Cc1ccc(C(C)NCC2(C)CCCCC2)cc1[N+](=O)[O-]. The highest BCUT2D eigenvalue weighted by Crippen LogP contribution is 2.35. The molecular weight excluding hydrogens is 264 g/mol. The van der Waals surface area contributed by atoms with Gasteiger partial charge in [0.2, 0.25) is 0 Å². The van der Waals surface area contributed by atoms with Crippen LogP contribution in [0.2, 0.25) is 0 Å². The molecule has 0 aliphatic heterocycles. The van der Waals surface area contributed by atoms with E-state index in [9.17, 15) is 10.1 Å². The Morgan fingerprint density at radius 3 is 2.62 bits per heavy atom. The van der Waals surface area contributed by atoms with Crippen molar-refractivity contribution in [3.8, 4) is 0 Å². The van der Waals surface area contributed by atoms with Crippen molar-refractivity contribution in [2.45, 2.75) is 58.9 Å². The molecular formula is C17H26N2O2. The first-order chi connectivity index (χ1) is 9.91. The van der Waals surface area contributed by atoms with Gasteiger partial charge < -0.3 is 5.32 Å². The Morgan fingerprint density at radius 1 is 1.33 bits per heavy atom. The molecule has 0 saturated heterocycles. The largest absolute Gasteiger partial charge is 0.310 e. The molecule has 0 amide bonds. The van der Waals surface area contributed by atoms with E-state index < -0.39 is 0 Å². The predicted molar refractivity (Wildman–Crippen MR) is 85.4 cm³/mol. The molecule has 4 heteroatoms. The van der Waals surface area contributed by atoms with E-state index in [2.05, 4.69) is 19.2 Å². The van der Waals surface area contributed by atoms with E-state index >= 15 is 0 Å². The van der Waals surface area contributed by atoms with Crippen LogP contribution in [-0.2, 0) is 0 Å². The van der Waals surface area contributed by atoms with Crippen molar-refractivity contribution in [3.05, 3.63) is 39.4 Å². The molecule has 1 unspecified atom stereocenters. The summed E-state index contributed by atoms with van der Waals surface area (Å²) < 4.78 is 0. The molecule has 1 aliphatic rings. The van der Waals surface area contributed by atoms with E-state index in [1.54, 1.807) is 13.0 Å². The summed E-state index contributed by atoms with van der Waals surface area (Å²) in [6, 6.07) is 5.68. The molecule has 1 atom stereocenters. The maximum absolute atomic E-state index is 11.0. The molecule has 1 aliphatic carbocycles. The number of nitrogens with one attached hydrogen (secondary N) is 1. The third-order valence-electron chi connectivity index (χ3n) is 4.83. The first kappa shape index (κ1) is 16.0. The second kappa shape index (κ2) is 6.56. The molecule has 116 valence electrons. The Morgan fingerprint density at radius 2 is 2.00 bits per heavy atom. The van der Waals surface area contributed by atoms with Crippen LogP contribution >= 0.6 is 0 Å². The summed E-state index contributed by atoms with van der Waals surface area (Å²) in [6.07, 6.45) is 6.56. The first-order valence-corrected chi connectivity index (χ1v) is 7.90. The van der Waals surface area contributed by atoms with Crippen LogP contribution in [0.3, 0.4) is 0 Å². The van der Waals surface area contributed by atoms with Crippen LogP contribution in [0, 0.1) is 22.5 Å². The zero-order chi connectivity index (χ0) is 15.5. The average molecular weight is 290 g/mol. The summed E-state index contributed by atoms with van der Waals surface area (Å²) in [5.41, 5.74) is 2.30. The second-order valence-corrected chi connectivity index (χ2v) is 6.78. The Labute approximate surface area is 127 Å². The molecule has 0 spiro atoms. The number of rotatable bonds is 5. The summed E-state index contributed by atoms with van der Waals surface area (Å²) >= 11 is 0. The number of hydrogen-bond acceptors (Lipinski definition) is 3. The van der Waals surface area contributed by atoms with Crippen molar-refractivity contribution in [3.63, 3.8) is 0 Å². The maximum Gasteiger partial charge on any atom is 0.272 e. The molecule has 2 rings (SSSR count). The maximum atomic E-state index is 11.0. The van der Waals surface area contributed by atoms with Crippen molar-refractivity contribution in [1.82, 2.24) is 5.32 Å². The number of benzene rings is 1. The standard InChI is InChI=1S/C17H26N2O2/c1-13-7-8-15(11-16(13)19(20)21)14(2)18-12-17(3)9-5-4-6-10-17/h7-8,11,14,18H,4-6,9-10,12H2,1-3H3. The fourth-order valence-electron chi connectivity index (χ4n) is 3.19. The van der Waals surface area contributed by atoms with Gasteiger partial charge in [-0.3, -0.25) is 10.1 Å². The summed E-state index contributed by atoms with van der Waals surface area (Å²) in [6.45, 7) is 7.20. The minimum Gasteiger partial charge on any atom is -0.310 e. The van der Waals surface area contributed by atoms with Gasteiger partial charge >= 0.3 is 0 Å². The highest BCUT2D eigenvalue weighted by molar-refractivity contribution is 5.43. The lowest BCUT2D eigenvalue weighted by Gasteiger charge is -2.35. The summed E-state index contributed by atoms with van der Waals surface area (Å²) in [4.78, 5) is 10.7. The van der Waals surface area contributed by atoms with Crippen LogP contribution < -0.4 is 5.32 Å². The van der Waals surface area contributed by atoms with Gasteiger partial charge in [0.15, 0.2) is 0 Å². The number of nitrogens with zero attached hydrogens (tertiary/aromatic N) is 1. The topological polar surface area (TPSA) is 55.2 Å². The van der Waals surface area contributed by atoms with Gasteiger partial charge in [0.05, 0.1) is 4.92 Å². The fourth-order valence-corrected chi connectivity index (χ4v) is 3.19. The Bertz CT molecular complexity index is 508. The van der Waals surface area contributed by atoms with E-state index in [0.717, 1.165) is 17.7 Å². The van der Waals surface area contributed by atoms with Crippen molar-refractivity contribution in [1.29, 1.82) is 0 Å². The molecule has 1 aromatic rings. The Balaban J connectivity index is 2.01. The van der Waals surface area contributed by atoms with Gasteiger partial charge in [-0.05, 0) is 37.7 Å². The third kappa shape index (κ3) is 4.03. The summed E-state index contributed by atoms with van der Waals surface area (Å²) in [5.74, 6) is 0. The van der Waals surface area contributed by atoms with Crippen LogP contribution in [0.25, 0.3) is 0 Å². The number of nitro groups is 1. The number of aryl methyl sites for hydroxylation is 1.